The van der Waals surface area contributed by atoms with Gasteiger partial charge in [0, 0.05) is 0 Å². The molecule has 2 aromatic carbocycles. The van der Waals surface area contributed by atoms with Crippen LogP contribution in [0.2, 0.25) is 0 Å². The molecule has 8 heteroatoms. The number of aryl methyl sites for hydroxylation is 2. The van der Waals surface area contributed by atoms with Gasteiger partial charge < -0.3 is 15.6 Å². The summed E-state index contributed by atoms with van der Waals surface area (Å²) in [5.41, 5.74) is 11.0. The van der Waals surface area contributed by atoms with Crippen LogP contribution in [-0.2, 0) is 14.6 Å². The first-order chi connectivity index (χ1) is 13.4. The number of nitrogens with one attached hydrogen (secondary N) is 1. The maximum atomic E-state index is 13.2. The van der Waals surface area contributed by atoms with Crippen LogP contribution in [0, 0.1) is 13.8 Å². The molecule has 2 aromatic rings. The van der Waals surface area contributed by atoms with Crippen LogP contribution in [0.5, 0.6) is 0 Å². The summed E-state index contributed by atoms with van der Waals surface area (Å²) >= 11 is 0. The SMILES string of the molecule is Cc1ccc(S(=O)(=O)C(=[N+]=[N-])[C@H](NC(=O)OC(C)(C)C)c2cccc(C)c2)cc1. The number of hydrogen-bond acceptors (Lipinski definition) is 4. The van der Waals surface area contributed by atoms with Crippen LogP contribution < -0.4 is 5.32 Å². The quantitative estimate of drug-likeness (QED) is 0.353. The molecule has 29 heavy (non-hydrogen) atoms. The van der Waals surface area contributed by atoms with E-state index in [-0.39, 0.29) is 4.90 Å². The van der Waals surface area contributed by atoms with Crippen molar-refractivity contribution in [1.29, 1.82) is 0 Å². The van der Waals surface area contributed by atoms with Crippen LogP contribution in [0.1, 0.15) is 43.5 Å². The van der Waals surface area contributed by atoms with Crippen molar-refractivity contribution in [1.82, 2.24) is 5.32 Å². The lowest BCUT2D eigenvalue weighted by atomic mass is 10.1. The number of alkyl carbamates (subject to hydrolysis) is 1. The third kappa shape index (κ3) is 5.76. The first-order valence-corrected chi connectivity index (χ1v) is 10.5. The van der Waals surface area contributed by atoms with Gasteiger partial charge >= 0.3 is 11.1 Å². The van der Waals surface area contributed by atoms with Crippen molar-refractivity contribution in [3.8, 4) is 0 Å². The molecular weight excluding hydrogens is 390 g/mol. The molecule has 0 bridgehead atoms. The van der Waals surface area contributed by atoms with Crippen molar-refractivity contribution in [2.24, 2.45) is 0 Å². The molecule has 0 unspecified atom stereocenters. The average Bonchev–Trinajstić information content (AvgIpc) is 2.60. The number of carbonyl (C=O) groups excluding carboxylic acids is 1. The van der Waals surface area contributed by atoms with Crippen molar-refractivity contribution < 1.29 is 22.7 Å². The Labute approximate surface area is 171 Å². The normalized spacial score (nSPS) is 12.6. The summed E-state index contributed by atoms with van der Waals surface area (Å²) in [6, 6.07) is 11.8. The van der Waals surface area contributed by atoms with Crippen molar-refractivity contribution >= 4 is 21.0 Å². The molecular formula is C21H25N3O4S. The van der Waals surface area contributed by atoms with Gasteiger partial charge in [-0.3, -0.25) is 0 Å². The maximum Gasteiger partial charge on any atom is 0.412 e. The molecule has 0 radical (unpaired) electrons. The molecule has 0 fully saturated rings. The highest BCUT2D eigenvalue weighted by molar-refractivity contribution is 8.06. The molecule has 7 nitrogen and oxygen atoms in total. The number of rotatable bonds is 4. The van der Waals surface area contributed by atoms with Gasteiger partial charge in [-0.1, -0.05) is 47.5 Å². The molecule has 0 aromatic heterocycles. The van der Waals surface area contributed by atoms with Gasteiger partial charge in [-0.15, -0.1) is 0 Å². The average molecular weight is 416 g/mol. The molecule has 154 valence electrons. The van der Waals surface area contributed by atoms with Crippen LogP contribution in [0.25, 0.3) is 5.53 Å². The molecule has 0 aliphatic carbocycles. The van der Waals surface area contributed by atoms with Gasteiger partial charge in [0.25, 0.3) is 9.84 Å². The third-order valence-electron chi connectivity index (χ3n) is 3.99. The van der Waals surface area contributed by atoms with Crippen molar-refractivity contribution in [3.05, 3.63) is 70.8 Å². The van der Waals surface area contributed by atoms with E-state index in [2.05, 4.69) is 10.1 Å². The first kappa shape index (κ1) is 22.3. The molecule has 0 aliphatic rings. The van der Waals surface area contributed by atoms with E-state index in [1.807, 2.05) is 19.9 Å². The van der Waals surface area contributed by atoms with E-state index in [0.717, 1.165) is 11.1 Å². The Morgan fingerprint density at radius 2 is 1.69 bits per heavy atom. The summed E-state index contributed by atoms with van der Waals surface area (Å²) in [6.45, 7) is 8.74. The second-order valence-corrected chi connectivity index (χ2v) is 9.64. The van der Waals surface area contributed by atoms with Crippen LogP contribution in [-0.4, -0.2) is 29.9 Å². The smallest absolute Gasteiger partial charge is 0.412 e. The molecule has 1 amide bonds. The molecule has 1 atom stereocenters. The van der Waals surface area contributed by atoms with Gasteiger partial charge in [-0.25, -0.2) is 13.2 Å². The molecule has 0 saturated heterocycles. The van der Waals surface area contributed by atoms with Crippen molar-refractivity contribution in [3.63, 3.8) is 0 Å². The lowest BCUT2D eigenvalue weighted by Crippen LogP contribution is -2.40. The Morgan fingerprint density at radius 3 is 2.21 bits per heavy atom. The Morgan fingerprint density at radius 1 is 1.07 bits per heavy atom. The van der Waals surface area contributed by atoms with E-state index < -0.39 is 32.6 Å². The molecule has 0 spiro atoms. The van der Waals surface area contributed by atoms with E-state index in [1.165, 1.54) is 12.1 Å². The van der Waals surface area contributed by atoms with E-state index in [9.17, 15) is 18.7 Å². The van der Waals surface area contributed by atoms with Gasteiger partial charge in [0.05, 0.1) is 4.90 Å². The van der Waals surface area contributed by atoms with Crippen LogP contribution in [0.4, 0.5) is 4.79 Å². The molecule has 0 saturated carbocycles. The summed E-state index contributed by atoms with van der Waals surface area (Å²) in [7, 11) is -4.19. The number of amides is 1. The number of benzene rings is 2. The highest BCUT2D eigenvalue weighted by Gasteiger charge is 2.41. The number of ether oxygens (including phenoxy) is 1. The highest BCUT2D eigenvalue weighted by Crippen LogP contribution is 2.24. The predicted octanol–water partition coefficient (Wildman–Crippen LogP) is 3.97. The topological polar surface area (TPSA) is 109 Å². The van der Waals surface area contributed by atoms with E-state index in [0.29, 0.717) is 5.56 Å². The number of carbonyl (C=O) groups is 1. The molecule has 1 N–H and O–H groups in total. The monoisotopic (exact) mass is 415 g/mol. The second-order valence-electron chi connectivity index (χ2n) is 7.75. The molecule has 2 rings (SSSR count). The van der Waals surface area contributed by atoms with E-state index in [1.54, 1.807) is 51.1 Å². The van der Waals surface area contributed by atoms with Crippen LogP contribution in [0.15, 0.2) is 53.4 Å². The third-order valence-corrected chi connectivity index (χ3v) is 5.75. The minimum Gasteiger partial charge on any atom is -0.444 e. The van der Waals surface area contributed by atoms with Crippen molar-refractivity contribution in [2.45, 2.75) is 51.2 Å². The van der Waals surface area contributed by atoms with Gasteiger partial charge in [0.15, 0.2) is 6.04 Å². The zero-order chi connectivity index (χ0) is 21.8. The van der Waals surface area contributed by atoms with Gasteiger partial charge in [-0.2, -0.15) is 4.79 Å². The van der Waals surface area contributed by atoms with Gasteiger partial charge in [-0.05, 0) is 52.3 Å². The summed E-state index contributed by atoms with van der Waals surface area (Å²) in [5.74, 6) is 0. The fourth-order valence-corrected chi connectivity index (χ4v) is 4.02. The van der Waals surface area contributed by atoms with Crippen LogP contribution >= 0.6 is 0 Å². The fraction of sp³-hybridized carbons (Fsp3) is 0.333. The standard InChI is InChI=1S/C21H25N3O4S/c1-14-9-11-17(12-10-14)29(26,27)19(24-22)18(16-8-6-7-15(2)13-16)23-20(25)28-21(3,4)5/h6-13,18H,1-5H3,(H,23,25)/t18-/m1/s1. The zero-order valence-corrected chi connectivity index (χ0v) is 17.9. The zero-order valence-electron chi connectivity index (χ0n) is 17.1. The summed E-state index contributed by atoms with van der Waals surface area (Å²) < 4.78 is 31.6. The van der Waals surface area contributed by atoms with Gasteiger partial charge in [0.1, 0.15) is 5.60 Å². The summed E-state index contributed by atoms with van der Waals surface area (Å²) in [6.07, 6.45) is -0.829. The van der Waals surface area contributed by atoms with E-state index >= 15 is 0 Å². The van der Waals surface area contributed by atoms with E-state index in [4.69, 9.17) is 4.74 Å². The van der Waals surface area contributed by atoms with Crippen molar-refractivity contribution in [2.75, 3.05) is 0 Å². The second kappa shape index (κ2) is 8.59. The minimum atomic E-state index is -4.19. The van der Waals surface area contributed by atoms with Gasteiger partial charge in [0.2, 0.25) is 0 Å². The number of sulfone groups is 1. The Hall–Kier alpha value is -2.96. The Balaban J connectivity index is 2.54. The Bertz CT molecular complexity index is 1050. The summed E-state index contributed by atoms with van der Waals surface area (Å²) in [5, 5.41) is 1.92. The fourth-order valence-electron chi connectivity index (χ4n) is 2.67. The molecule has 0 heterocycles. The lowest BCUT2D eigenvalue weighted by Gasteiger charge is -2.22. The minimum absolute atomic E-state index is 0.0421. The summed E-state index contributed by atoms with van der Waals surface area (Å²) in [4.78, 5) is 15.4. The maximum absolute atomic E-state index is 13.2. The molecule has 0 aliphatic heterocycles. The first-order valence-electron chi connectivity index (χ1n) is 9.04. The lowest BCUT2D eigenvalue weighted by molar-refractivity contribution is -0.00686. The number of nitrogens with zero attached hydrogens (tertiary/aromatic N) is 2. The largest absolute Gasteiger partial charge is 0.444 e. The Kier molecular flexibility index (Phi) is 6.62. The van der Waals surface area contributed by atoms with Crippen LogP contribution in [0.3, 0.4) is 0 Å². The highest BCUT2D eigenvalue weighted by atomic mass is 32.2. The predicted molar refractivity (Wildman–Crippen MR) is 110 cm³/mol. The number of hydrogen-bond donors (Lipinski definition) is 1.